The minimum atomic E-state index is -0.0844. The Labute approximate surface area is 152 Å². The van der Waals surface area contributed by atoms with Gasteiger partial charge in [-0.2, -0.15) is 5.26 Å². The van der Waals surface area contributed by atoms with Crippen molar-refractivity contribution in [1.29, 1.82) is 5.26 Å². The van der Waals surface area contributed by atoms with Gasteiger partial charge in [-0.1, -0.05) is 12.1 Å². The Kier molecular flexibility index (Phi) is 5.19. The zero-order valence-electron chi connectivity index (χ0n) is 13.3. The van der Waals surface area contributed by atoms with Crippen LogP contribution < -0.4 is 5.32 Å². The highest BCUT2D eigenvalue weighted by atomic mass is 32.2. The van der Waals surface area contributed by atoms with E-state index in [0.717, 1.165) is 21.0 Å². The molecule has 0 aliphatic rings. The number of rotatable bonds is 5. The van der Waals surface area contributed by atoms with Gasteiger partial charge >= 0.3 is 0 Å². The molecule has 1 N–H and O–H groups in total. The van der Waals surface area contributed by atoms with Crippen molar-refractivity contribution in [1.82, 2.24) is 4.98 Å². The van der Waals surface area contributed by atoms with Gasteiger partial charge in [-0.15, -0.1) is 34.4 Å². The van der Waals surface area contributed by atoms with Crippen molar-refractivity contribution in [3.8, 4) is 6.07 Å². The van der Waals surface area contributed by atoms with E-state index in [-0.39, 0.29) is 5.91 Å². The molecule has 0 bridgehead atoms. The van der Waals surface area contributed by atoms with Gasteiger partial charge in [0, 0.05) is 10.6 Å². The number of para-hydroxylation sites is 1. The molecule has 2 heterocycles. The highest BCUT2D eigenvalue weighted by Crippen LogP contribution is 2.32. The summed E-state index contributed by atoms with van der Waals surface area (Å²) in [4.78, 5) is 17.7. The summed E-state index contributed by atoms with van der Waals surface area (Å²) in [5.74, 6) is 0.968. The molecule has 0 saturated carbocycles. The molecule has 2 aromatic heterocycles. The summed E-state index contributed by atoms with van der Waals surface area (Å²) in [7, 11) is 0. The Hall–Kier alpha value is -1.88. The van der Waals surface area contributed by atoms with E-state index in [0.29, 0.717) is 22.1 Å². The summed E-state index contributed by atoms with van der Waals surface area (Å²) >= 11 is 4.64. The van der Waals surface area contributed by atoms with Crippen molar-refractivity contribution in [3.63, 3.8) is 0 Å². The van der Waals surface area contributed by atoms with Gasteiger partial charge in [-0.05, 0) is 31.5 Å². The molecule has 0 unspecified atom stereocenters. The molecule has 0 saturated heterocycles. The largest absolute Gasteiger partial charge is 0.316 e. The number of carbonyl (C=O) groups excluding carboxylic acids is 1. The molecule has 0 fully saturated rings. The van der Waals surface area contributed by atoms with Crippen LogP contribution in [0.1, 0.15) is 21.0 Å². The first-order valence-corrected chi connectivity index (χ1v) is 10.1. The number of thiophene rings is 1. The molecular weight excluding hydrogens is 358 g/mol. The fraction of sp³-hybridized carbons (Fsp3) is 0.235. The van der Waals surface area contributed by atoms with Crippen molar-refractivity contribution >= 4 is 55.6 Å². The first kappa shape index (κ1) is 17.0. The topological polar surface area (TPSA) is 65.8 Å². The van der Waals surface area contributed by atoms with E-state index in [4.69, 9.17) is 0 Å². The average Bonchev–Trinajstić information content (AvgIpc) is 3.08. The third kappa shape index (κ3) is 3.61. The lowest BCUT2D eigenvalue weighted by atomic mass is 10.2. The minimum Gasteiger partial charge on any atom is -0.316 e. The second-order valence-electron chi connectivity index (χ2n) is 5.22. The lowest BCUT2D eigenvalue weighted by Gasteiger charge is -2.02. The molecule has 3 aromatic rings. The molecule has 24 heavy (non-hydrogen) atoms. The summed E-state index contributed by atoms with van der Waals surface area (Å²) in [6.45, 7) is 3.86. The zero-order valence-corrected chi connectivity index (χ0v) is 15.7. The number of aryl methyl sites for hydroxylation is 1. The van der Waals surface area contributed by atoms with Crippen LogP contribution in [0.15, 0.2) is 24.3 Å². The number of benzene rings is 1. The highest BCUT2D eigenvalue weighted by molar-refractivity contribution is 7.99. The fourth-order valence-electron chi connectivity index (χ4n) is 2.23. The average molecular weight is 374 g/mol. The standard InChI is InChI=1S/C17H15N3OS3/c1-10-11(2)23-17(12(10)7-18)20-15(21)8-22-9-16-19-13-5-3-4-6-14(13)24-16/h3-6H,8-9H2,1-2H3,(H,20,21). The predicted molar refractivity (Wildman–Crippen MR) is 103 cm³/mol. The van der Waals surface area contributed by atoms with Crippen LogP contribution in [0.5, 0.6) is 0 Å². The third-order valence-corrected chi connectivity index (χ3v) is 6.83. The molecule has 7 heteroatoms. The number of amides is 1. The van der Waals surface area contributed by atoms with Gasteiger partial charge in [0.1, 0.15) is 16.1 Å². The van der Waals surface area contributed by atoms with E-state index in [2.05, 4.69) is 22.4 Å². The maximum atomic E-state index is 12.1. The fourth-order valence-corrected chi connectivity index (χ4v) is 5.10. The number of carbonyl (C=O) groups is 1. The molecular formula is C17H15N3OS3. The Balaban J connectivity index is 1.56. The summed E-state index contributed by atoms with van der Waals surface area (Å²) in [6, 6.07) is 10.2. The molecule has 1 aromatic carbocycles. The summed E-state index contributed by atoms with van der Waals surface area (Å²) < 4.78 is 1.17. The zero-order chi connectivity index (χ0) is 17.1. The molecule has 0 aliphatic carbocycles. The highest BCUT2D eigenvalue weighted by Gasteiger charge is 2.14. The quantitative estimate of drug-likeness (QED) is 0.703. The maximum absolute atomic E-state index is 12.1. The Morgan fingerprint density at radius 2 is 2.12 bits per heavy atom. The van der Waals surface area contributed by atoms with E-state index in [1.165, 1.54) is 27.8 Å². The van der Waals surface area contributed by atoms with Crippen LogP contribution >= 0.6 is 34.4 Å². The second kappa shape index (κ2) is 7.34. The predicted octanol–water partition coefficient (Wildman–Crippen LogP) is 4.72. The Morgan fingerprint density at radius 1 is 1.33 bits per heavy atom. The Bertz CT molecular complexity index is 903. The number of thiazole rings is 1. The molecule has 3 rings (SSSR count). The number of aromatic nitrogens is 1. The van der Waals surface area contributed by atoms with Gasteiger partial charge < -0.3 is 5.32 Å². The monoisotopic (exact) mass is 373 g/mol. The van der Waals surface area contributed by atoms with E-state index < -0.39 is 0 Å². The maximum Gasteiger partial charge on any atom is 0.235 e. The van der Waals surface area contributed by atoms with Crippen molar-refractivity contribution in [2.75, 3.05) is 11.1 Å². The van der Waals surface area contributed by atoms with Crippen molar-refractivity contribution < 1.29 is 4.79 Å². The number of nitrogens with zero attached hydrogens (tertiary/aromatic N) is 2. The van der Waals surface area contributed by atoms with Crippen LogP contribution in [0.25, 0.3) is 10.2 Å². The second-order valence-corrected chi connectivity index (χ2v) is 8.54. The Morgan fingerprint density at radius 3 is 2.88 bits per heavy atom. The van der Waals surface area contributed by atoms with Crippen molar-refractivity contribution in [2.45, 2.75) is 19.6 Å². The summed E-state index contributed by atoms with van der Waals surface area (Å²) in [6.07, 6.45) is 0. The smallest absolute Gasteiger partial charge is 0.235 e. The summed E-state index contributed by atoms with van der Waals surface area (Å²) in [5.41, 5.74) is 2.52. The first-order valence-electron chi connectivity index (χ1n) is 7.30. The van der Waals surface area contributed by atoms with Crippen LogP contribution in [0, 0.1) is 25.2 Å². The van der Waals surface area contributed by atoms with Crippen LogP contribution in [-0.4, -0.2) is 16.6 Å². The molecule has 122 valence electrons. The number of anilines is 1. The molecule has 4 nitrogen and oxygen atoms in total. The van der Waals surface area contributed by atoms with Crippen LogP contribution in [-0.2, 0) is 10.5 Å². The normalized spacial score (nSPS) is 10.7. The number of hydrogen-bond donors (Lipinski definition) is 1. The van der Waals surface area contributed by atoms with Gasteiger partial charge in [0.15, 0.2) is 0 Å². The number of thioether (sulfide) groups is 1. The molecule has 1 amide bonds. The molecule has 0 aliphatic heterocycles. The van der Waals surface area contributed by atoms with Crippen LogP contribution in [0.2, 0.25) is 0 Å². The van der Waals surface area contributed by atoms with E-state index >= 15 is 0 Å². The van der Waals surface area contributed by atoms with Crippen LogP contribution in [0.4, 0.5) is 5.00 Å². The van der Waals surface area contributed by atoms with Gasteiger partial charge in [0.2, 0.25) is 5.91 Å². The molecule has 0 spiro atoms. The third-order valence-electron chi connectivity index (χ3n) is 3.55. The van der Waals surface area contributed by atoms with E-state index in [9.17, 15) is 10.1 Å². The number of fused-ring (bicyclic) bond motifs is 1. The number of nitriles is 1. The summed E-state index contributed by atoms with van der Waals surface area (Å²) in [5, 5.41) is 13.7. The van der Waals surface area contributed by atoms with Crippen molar-refractivity contribution in [2.24, 2.45) is 0 Å². The lowest BCUT2D eigenvalue weighted by Crippen LogP contribution is -2.14. The SMILES string of the molecule is Cc1sc(NC(=O)CSCc2nc3ccccc3s2)c(C#N)c1C. The number of hydrogen-bond acceptors (Lipinski definition) is 6. The molecule has 0 atom stereocenters. The number of nitrogens with one attached hydrogen (secondary N) is 1. The van der Waals surface area contributed by atoms with E-state index in [1.807, 2.05) is 32.0 Å². The van der Waals surface area contributed by atoms with Gasteiger partial charge in [0.05, 0.1) is 21.5 Å². The van der Waals surface area contributed by atoms with Crippen molar-refractivity contribution in [3.05, 3.63) is 45.3 Å². The molecule has 0 radical (unpaired) electrons. The van der Waals surface area contributed by atoms with Gasteiger partial charge in [0.25, 0.3) is 0 Å². The minimum absolute atomic E-state index is 0.0844. The lowest BCUT2D eigenvalue weighted by molar-refractivity contribution is -0.113. The van der Waals surface area contributed by atoms with Gasteiger partial charge in [-0.3, -0.25) is 4.79 Å². The van der Waals surface area contributed by atoms with Gasteiger partial charge in [-0.25, -0.2) is 4.98 Å². The van der Waals surface area contributed by atoms with E-state index in [1.54, 1.807) is 11.3 Å². The first-order chi connectivity index (χ1) is 11.6. The van der Waals surface area contributed by atoms with Crippen LogP contribution in [0.3, 0.4) is 0 Å².